The van der Waals surface area contributed by atoms with Crippen LogP contribution in [0.1, 0.15) is 17.3 Å². The van der Waals surface area contributed by atoms with Gasteiger partial charge in [0.05, 0.1) is 12.7 Å². The lowest BCUT2D eigenvalue weighted by atomic mass is 10.1. The van der Waals surface area contributed by atoms with Crippen LogP contribution in [-0.2, 0) is 11.3 Å². The first-order valence-electron chi connectivity index (χ1n) is 5.04. The van der Waals surface area contributed by atoms with Gasteiger partial charge in [-0.25, -0.2) is 4.79 Å². The summed E-state index contributed by atoms with van der Waals surface area (Å²) in [5.41, 5.74) is 1.64. The number of fused-ring (bicyclic) bond motifs is 1. The Morgan fingerprint density at radius 1 is 1.50 bits per heavy atom. The van der Waals surface area contributed by atoms with Gasteiger partial charge in [0.2, 0.25) is 0 Å². The lowest BCUT2D eigenvalue weighted by Gasteiger charge is -2.05. The molecule has 0 atom stereocenters. The van der Waals surface area contributed by atoms with Crippen molar-refractivity contribution in [3.8, 4) is 0 Å². The summed E-state index contributed by atoms with van der Waals surface area (Å²) in [4.78, 5) is 11.6. The van der Waals surface area contributed by atoms with Crippen LogP contribution in [-0.4, -0.2) is 17.6 Å². The lowest BCUT2D eigenvalue weighted by molar-refractivity contribution is 0.0603. The number of halogens is 1. The standard InChI is InChI=1S/C12H12BrNO2/c1-3-14-5-4-9-10(12(15)16-2)6-8(13)7-11(9)14/h4-7H,3H2,1-2H3. The minimum Gasteiger partial charge on any atom is -0.465 e. The molecular weight excluding hydrogens is 270 g/mol. The highest BCUT2D eigenvalue weighted by Crippen LogP contribution is 2.26. The Kier molecular flexibility index (Phi) is 3.01. The molecule has 0 unspecified atom stereocenters. The highest BCUT2D eigenvalue weighted by Gasteiger charge is 2.13. The van der Waals surface area contributed by atoms with Gasteiger partial charge >= 0.3 is 5.97 Å². The summed E-state index contributed by atoms with van der Waals surface area (Å²) in [5, 5.41) is 0.928. The van der Waals surface area contributed by atoms with Crippen molar-refractivity contribution >= 4 is 32.8 Å². The Labute approximate surface area is 102 Å². The zero-order valence-electron chi connectivity index (χ0n) is 9.16. The van der Waals surface area contributed by atoms with Gasteiger partial charge in [0, 0.05) is 28.1 Å². The molecule has 4 heteroatoms. The van der Waals surface area contributed by atoms with Gasteiger partial charge in [0.1, 0.15) is 0 Å². The van der Waals surface area contributed by atoms with E-state index in [1.807, 2.05) is 18.3 Å². The van der Waals surface area contributed by atoms with E-state index in [2.05, 4.69) is 27.4 Å². The number of aromatic nitrogens is 1. The first-order valence-corrected chi connectivity index (χ1v) is 5.83. The SMILES string of the molecule is CCn1ccc2c(C(=O)OC)cc(Br)cc21. The zero-order valence-corrected chi connectivity index (χ0v) is 10.7. The number of carbonyl (C=O) groups excluding carboxylic acids is 1. The molecule has 0 bridgehead atoms. The van der Waals surface area contributed by atoms with E-state index in [1.54, 1.807) is 6.07 Å². The highest BCUT2D eigenvalue weighted by atomic mass is 79.9. The molecule has 0 amide bonds. The molecule has 0 aliphatic carbocycles. The van der Waals surface area contributed by atoms with Crippen LogP contribution in [0, 0.1) is 0 Å². The van der Waals surface area contributed by atoms with Crippen LogP contribution in [0.4, 0.5) is 0 Å². The fraction of sp³-hybridized carbons (Fsp3) is 0.250. The number of ether oxygens (including phenoxy) is 1. The summed E-state index contributed by atoms with van der Waals surface area (Å²) in [6.45, 7) is 2.94. The van der Waals surface area contributed by atoms with Gasteiger partial charge < -0.3 is 9.30 Å². The topological polar surface area (TPSA) is 31.2 Å². The molecule has 0 fully saturated rings. The number of aryl methyl sites for hydroxylation is 1. The molecule has 0 aliphatic heterocycles. The number of esters is 1. The van der Waals surface area contributed by atoms with Crippen LogP contribution in [0.5, 0.6) is 0 Å². The summed E-state index contributed by atoms with van der Waals surface area (Å²) in [6, 6.07) is 5.73. The second kappa shape index (κ2) is 4.29. The van der Waals surface area contributed by atoms with Crippen molar-refractivity contribution < 1.29 is 9.53 Å². The van der Waals surface area contributed by atoms with E-state index in [-0.39, 0.29) is 5.97 Å². The van der Waals surface area contributed by atoms with Gasteiger partial charge in [0.15, 0.2) is 0 Å². The second-order valence-corrected chi connectivity index (χ2v) is 4.40. The second-order valence-electron chi connectivity index (χ2n) is 3.48. The molecule has 0 saturated carbocycles. The molecule has 2 aromatic rings. The maximum atomic E-state index is 11.6. The van der Waals surface area contributed by atoms with Crippen molar-refractivity contribution in [1.82, 2.24) is 4.57 Å². The summed E-state index contributed by atoms with van der Waals surface area (Å²) < 4.78 is 7.75. The Morgan fingerprint density at radius 3 is 2.88 bits per heavy atom. The van der Waals surface area contributed by atoms with Crippen molar-refractivity contribution in [3.05, 3.63) is 34.4 Å². The number of hydrogen-bond donors (Lipinski definition) is 0. The molecule has 0 aliphatic rings. The normalized spacial score (nSPS) is 10.7. The van der Waals surface area contributed by atoms with Crippen molar-refractivity contribution in [2.75, 3.05) is 7.11 Å². The minimum absolute atomic E-state index is 0.305. The first-order chi connectivity index (χ1) is 7.67. The van der Waals surface area contributed by atoms with E-state index in [9.17, 15) is 4.79 Å². The van der Waals surface area contributed by atoms with Gasteiger partial charge in [0.25, 0.3) is 0 Å². The molecule has 0 saturated heterocycles. The Hall–Kier alpha value is -1.29. The van der Waals surface area contributed by atoms with Gasteiger partial charge in [-0.05, 0) is 25.1 Å². The van der Waals surface area contributed by atoms with Crippen LogP contribution in [0.25, 0.3) is 10.9 Å². The largest absolute Gasteiger partial charge is 0.465 e. The fourth-order valence-corrected chi connectivity index (χ4v) is 2.26. The monoisotopic (exact) mass is 281 g/mol. The third kappa shape index (κ3) is 1.73. The van der Waals surface area contributed by atoms with Crippen molar-refractivity contribution in [2.45, 2.75) is 13.5 Å². The zero-order chi connectivity index (χ0) is 11.7. The number of nitrogens with zero attached hydrogens (tertiary/aromatic N) is 1. The number of benzene rings is 1. The third-order valence-corrected chi connectivity index (χ3v) is 3.06. The maximum Gasteiger partial charge on any atom is 0.338 e. The Morgan fingerprint density at radius 2 is 2.25 bits per heavy atom. The summed E-state index contributed by atoms with van der Waals surface area (Å²) in [7, 11) is 1.39. The van der Waals surface area contributed by atoms with E-state index in [0.717, 1.165) is 21.9 Å². The molecule has 3 nitrogen and oxygen atoms in total. The third-order valence-electron chi connectivity index (χ3n) is 2.60. The average Bonchev–Trinajstić information content (AvgIpc) is 2.69. The quantitative estimate of drug-likeness (QED) is 0.792. The maximum absolute atomic E-state index is 11.6. The van der Waals surface area contributed by atoms with Gasteiger partial charge in [-0.15, -0.1) is 0 Å². The highest BCUT2D eigenvalue weighted by molar-refractivity contribution is 9.10. The van der Waals surface area contributed by atoms with Gasteiger partial charge in [-0.2, -0.15) is 0 Å². The Bertz CT molecular complexity index is 545. The first kappa shape index (κ1) is 11.2. The van der Waals surface area contributed by atoms with Crippen LogP contribution >= 0.6 is 15.9 Å². The molecule has 16 heavy (non-hydrogen) atoms. The van der Waals surface area contributed by atoms with E-state index in [0.29, 0.717) is 5.56 Å². The predicted molar refractivity (Wildman–Crippen MR) is 66.7 cm³/mol. The van der Waals surface area contributed by atoms with E-state index in [1.165, 1.54) is 7.11 Å². The minimum atomic E-state index is -0.305. The smallest absolute Gasteiger partial charge is 0.338 e. The molecule has 0 N–H and O–H groups in total. The van der Waals surface area contributed by atoms with Crippen LogP contribution < -0.4 is 0 Å². The van der Waals surface area contributed by atoms with E-state index >= 15 is 0 Å². The van der Waals surface area contributed by atoms with Gasteiger partial charge in [-0.1, -0.05) is 15.9 Å². The molecule has 1 aromatic carbocycles. The van der Waals surface area contributed by atoms with Crippen LogP contribution in [0.2, 0.25) is 0 Å². The average molecular weight is 282 g/mol. The number of methoxy groups -OCH3 is 1. The summed E-state index contributed by atoms with van der Waals surface area (Å²) in [6.07, 6.45) is 1.98. The molecular formula is C12H12BrNO2. The van der Waals surface area contributed by atoms with Crippen molar-refractivity contribution in [3.63, 3.8) is 0 Å². The molecule has 0 spiro atoms. The molecule has 2 rings (SSSR count). The molecule has 84 valence electrons. The fourth-order valence-electron chi connectivity index (χ4n) is 1.82. The summed E-state index contributed by atoms with van der Waals surface area (Å²) in [5.74, 6) is -0.305. The van der Waals surface area contributed by atoms with Crippen LogP contribution in [0.3, 0.4) is 0 Å². The summed E-state index contributed by atoms with van der Waals surface area (Å²) >= 11 is 3.41. The molecule has 1 aromatic heterocycles. The van der Waals surface area contributed by atoms with Crippen molar-refractivity contribution in [1.29, 1.82) is 0 Å². The van der Waals surface area contributed by atoms with Crippen molar-refractivity contribution in [2.24, 2.45) is 0 Å². The van der Waals surface area contributed by atoms with Gasteiger partial charge in [-0.3, -0.25) is 0 Å². The number of rotatable bonds is 2. The Balaban J connectivity index is 2.74. The van der Waals surface area contributed by atoms with E-state index in [4.69, 9.17) is 4.74 Å². The van der Waals surface area contributed by atoms with Crippen LogP contribution in [0.15, 0.2) is 28.9 Å². The van der Waals surface area contributed by atoms with E-state index < -0.39 is 0 Å². The predicted octanol–water partition coefficient (Wildman–Crippen LogP) is 3.21. The number of hydrogen-bond acceptors (Lipinski definition) is 2. The lowest BCUT2D eigenvalue weighted by Crippen LogP contribution is -2.02. The number of carbonyl (C=O) groups is 1. The molecule has 1 heterocycles. The molecule has 0 radical (unpaired) electrons.